The average Bonchev–Trinajstić information content (AvgIpc) is 1.53. The van der Waals surface area contributed by atoms with Crippen molar-refractivity contribution in [3.05, 3.63) is 369 Å². The highest BCUT2D eigenvalue weighted by Crippen LogP contribution is 2.60. The summed E-state index contributed by atoms with van der Waals surface area (Å²) in [6.07, 6.45) is 3.70. The second-order valence-corrected chi connectivity index (χ2v) is 23.3. The van der Waals surface area contributed by atoms with Gasteiger partial charge in [0.2, 0.25) is 0 Å². The smallest absolute Gasteiger partial charge is 0.150 e. The predicted octanol–water partition coefficient (Wildman–Crippen LogP) is 22.1. The highest BCUT2D eigenvalue weighted by molar-refractivity contribution is 5.92. The molecule has 0 N–H and O–H groups in total. The van der Waals surface area contributed by atoms with Crippen LogP contribution in [0.25, 0.3) is 45.5 Å². The van der Waals surface area contributed by atoms with E-state index in [4.69, 9.17) is 0 Å². The SMILES string of the molecule is C=Cc1ccc(C2(c3cc(C)ccc3C)c3ccccc3-c3ccc(N(c4ccc(-c5ccc(N(c6ccc7c(c6)C(c6ccc(C=C)cc6)(c6cc(C)ccc6C)c6ccccc6-7)c6ccc(F)cc6F)cc5)cc4)c4ccc(F)cc4F)cc32)cc1. The van der Waals surface area contributed by atoms with Gasteiger partial charge in [0.1, 0.15) is 23.3 Å². The second-order valence-electron chi connectivity index (χ2n) is 23.3. The van der Waals surface area contributed by atoms with Crippen LogP contribution in [0.5, 0.6) is 0 Å². The van der Waals surface area contributed by atoms with E-state index in [-0.39, 0.29) is 11.4 Å². The molecule has 12 aromatic carbocycles. The van der Waals surface area contributed by atoms with Crippen LogP contribution in [0.4, 0.5) is 51.7 Å². The van der Waals surface area contributed by atoms with Gasteiger partial charge in [0, 0.05) is 34.9 Å². The number of halogens is 4. The van der Waals surface area contributed by atoms with Crippen molar-refractivity contribution in [1.82, 2.24) is 0 Å². The minimum Gasteiger partial charge on any atom is -0.308 e. The molecule has 0 saturated carbocycles. The molecule has 0 radical (unpaired) electrons. The standard InChI is InChI=1S/C82H60F4N2/c1-7-55-21-29-59(30-22-55)81(73-45-51(3)17-19-53(73)5)71-15-11-9-13-67(71)69-41-39-65(49-75(69)81)87(79-43-33-61(83)47-77(79)85)63-35-25-57(26-36-63)58-27-37-64(38-28-58)88(80-44-34-62(84)48-78(80)86)66-40-42-70-68-14-10-12-16-72(68)82(76(70)50-66,60-31-23-56(8-2)24-32-60)74-46-52(4)18-20-54(74)6/h7-50H,1-2H2,3-6H3. The third-order valence-electron chi connectivity index (χ3n) is 18.2. The summed E-state index contributed by atoms with van der Waals surface area (Å²) >= 11 is 0. The molecule has 2 atom stereocenters. The van der Waals surface area contributed by atoms with Crippen molar-refractivity contribution < 1.29 is 17.6 Å². The third kappa shape index (κ3) is 8.84. The zero-order valence-electron chi connectivity index (χ0n) is 49.2. The number of fused-ring (bicyclic) bond motifs is 6. The van der Waals surface area contributed by atoms with Gasteiger partial charge < -0.3 is 9.80 Å². The topological polar surface area (TPSA) is 6.48 Å². The molecule has 14 rings (SSSR count). The predicted molar refractivity (Wildman–Crippen MR) is 355 cm³/mol. The van der Waals surface area contributed by atoms with Crippen LogP contribution in [0, 0.1) is 51.0 Å². The number of rotatable bonds is 13. The molecule has 0 heterocycles. The van der Waals surface area contributed by atoms with E-state index < -0.39 is 34.1 Å². The van der Waals surface area contributed by atoms with E-state index in [1.165, 1.54) is 24.3 Å². The lowest BCUT2D eigenvalue weighted by atomic mass is 9.66. The Balaban J connectivity index is 0.883. The zero-order valence-corrected chi connectivity index (χ0v) is 49.2. The number of benzene rings is 12. The molecular formula is C82H60F4N2. The fourth-order valence-corrected chi connectivity index (χ4v) is 14.1. The summed E-state index contributed by atoms with van der Waals surface area (Å²) in [6.45, 7) is 16.6. The van der Waals surface area contributed by atoms with Crippen molar-refractivity contribution in [3.8, 4) is 33.4 Å². The van der Waals surface area contributed by atoms with E-state index in [0.29, 0.717) is 22.7 Å². The Hall–Kier alpha value is -10.6. The number of hydrogen-bond donors (Lipinski definition) is 0. The number of nitrogens with zero attached hydrogens (tertiary/aromatic N) is 2. The van der Waals surface area contributed by atoms with Gasteiger partial charge in [0.05, 0.1) is 22.2 Å². The fourth-order valence-electron chi connectivity index (χ4n) is 14.1. The van der Waals surface area contributed by atoms with Crippen LogP contribution in [-0.2, 0) is 10.8 Å². The van der Waals surface area contributed by atoms with Gasteiger partial charge in [-0.15, -0.1) is 0 Å². The molecule has 2 unspecified atom stereocenters. The van der Waals surface area contributed by atoms with Crippen LogP contribution in [-0.4, -0.2) is 0 Å². The average molecular weight is 1150 g/mol. The minimum absolute atomic E-state index is 0.182. The Morgan fingerprint density at radius 2 is 0.682 bits per heavy atom. The van der Waals surface area contributed by atoms with Gasteiger partial charge in [-0.1, -0.05) is 206 Å². The van der Waals surface area contributed by atoms with Gasteiger partial charge in [-0.3, -0.25) is 0 Å². The first-order valence-corrected chi connectivity index (χ1v) is 29.6. The van der Waals surface area contributed by atoms with E-state index >= 15 is 8.78 Å². The van der Waals surface area contributed by atoms with Crippen LogP contribution in [0.3, 0.4) is 0 Å². The first-order valence-electron chi connectivity index (χ1n) is 29.6. The van der Waals surface area contributed by atoms with Crippen LogP contribution >= 0.6 is 0 Å². The molecule has 0 aliphatic heterocycles. The maximum Gasteiger partial charge on any atom is 0.150 e. The van der Waals surface area contributed by atoms with E-state index in [1.807, 2.05) is 82.6 Å². The van der Waals surface area contributed by atoms with Gasteiger partial charge in [-0.05, 0) is 201 Å². The number of hydrogen-bond acceptors (Lipinski definition) is 2. The Labute approximate surface area is 511 Å². The molecule has 12 aromatic rings. The quantitative estimate of drug-likeness (QED) is 0.106. The Kier molecular flexibility index (Phi) is 13.7. The molecule has 0 bridgehead atoms. The Morgan fingerprint density at radius 3 is 1.06 bits per heavy atom. The van der Waals surface area contributed by atoms with E-state index in [1.54, 1.807) is 0 Å². The Morgan fingerprint density at radius 1 is 0.318 bits per heavy atom. The van der Waals surface area contributed by atoms with Crippen molar-refractivity contribution >= 4 is 46.3 Å². The van der Waals surface area contributed by atoms with E-state index in [0.717, 1.165) is 123 Å². The molecule has 0 saturated heterocycles. The number of anilines is 6. The molecule has 2 aliphatic rings. The Bertz CT molecular complexity index is 4450. The van der Waals surface area contributed by atoms with Gasteiger partial charge in [0.15, 0.2) is 0 Å². The maximum absolute atomic E-state index is 16.6. The molecule has 0 spiro atoms. The van der Waals surface area contributed by atoms with Gasteiger partial charge >= 0.3 is 0 Å². The summed E-state index contributed by atoms with van der Waals surface area (Å²) in [4.78, 5) is 3.71. The molecule has 2 nitrogen and oxygen atoms in total. The van der Waals surface area contributed by atoms with Crippen molar-refractivity contribution in [2.45, 2.75) is 38.5 Å². The van der Waals surface area contributed by atoms with Crippen molar-refractivity contribution in [2.75, 3.05) is 9.80 Å². The molecule has 2 aliphatic carbocycles. The monoisotopic (exact) mass is 1150 g/mol. The lowest BCUT2D eigenvalue weighted by molar-refractivity contribution is 0.583. The van der Waals surface area contributed by atoms with Crippen LogP contribution in [0.1, 0.15) is 77.9 Å². The second kappa shape index (κ2) is 21.7. The van der Waals surface area contributed by atoms with Crippen molar-refractivity contribution in [3.63, 3.8) is 0 Å². The summed E-state index contributed by atoms with van der Waals surface area (Å²) in [5.74, 6) is -2.78. The molecule has 0 aromatic heterocycles. The summed E-state index contributed by atoms with van der Waals surface area (Å²) < 4.78 is 63.0. The number of aryl methyl sites for hydroxylation is 4. The lowest BCUT2D eigenvalue weighted by Crippen LogP contribution is -2.30. The highest BCUT2D eigenvalue weighted by atomic mass is 19.1. The molecular weight excluding hydrogens is 1090 g/mol. The largest absolute Gasteiger partial charge is 0.308 e. The van der Waals surface area contributed by atoms with Crippen LogP contribution in [0.2, 0.25) is 0 Å². The lowest BCUT2D eigenvalue weighted by Gasteiger charge is -2.36. The third-order valence-corrected chi connectivity index (χ3v) is 18.2. The summed E-state index contributed by atoms with van der Waals surface area (Å²) in [5, 5.41) is 0. The van der Waals surface area contributed by atoms with E-state index in [9.17, 15) is 8.78 Å². The summed E-state index contributed by atoms with van der Waals surface area (Å²) in [7, 11) is 0. The first-order chi connectivity index (χ1) is 42.8. The summed E-state index contributed by atoms with van der Waals surface area (Å²) in [6, 6.07) is 83.3. The van der Waals surface area contributed by atoms with Gasteiger partial charge in [0.25, 0.3) is 0 Å². The fraction of sp³-hybridized carbons (Fsp3) is 0.0732. The van der Waals surface area contributed by atoms with Crippen LogP contribution in [0.15, 0.2) is 268 Å². The molecule has 0 amide bonds. The minimum atomic E-state index is -0.769. The maximum atomic E-state index is 16.6. The van der Waals surface area contributed by atoms with Crippen LogP contribution < -0.4 is 9.80 Å². The molecule has 0 fully saturated rings. The summed E-state index contributed by atoms with van der Waals surface area (Å²) in [5.41, 5.74) is 22.9. The zero-order chi connectivity index (χ0) is 60.6. The van der Waals surface area contributed by atoms with Crippen molar-refractivity contribution in [1.29, 1.82) is 0 Å². The highest BCUT2D eigenvalue weighted by Gasteiger charge is 2.49. The van der Waals surface area contributed by atoms with Gasteiger partial charge in [-0.25, -0.2) is 17.6 Å². The van der Waals surface area contributed by atoms with Gasteiger partial charge in [-0.2, -0.15) is 0 Å². The normalized spacial score (nSPS) is 15.2. The first kappa shape index (κ1) is 55.3. The molecule has 426 valence electrons. The van der Waals surface area contributed by atoms with E-state index in [2.05, 4.69) is 199 Å². The van der Waals surface area contributed by atoms with Crippen molar-refractivity contribution in [2.24, 2.45) is 0 Å². The molecule has 88 heavy (non-hydrogen) atoms. The molecule has 6 heteroatoms.